The Labute approximate surface area is 136 Å². The third-order valence-electron chi connectivity index (χ3n) is 3.76. The predicted molar refractivity (Wildman–Crippen MR) is 89.9 cm³/mol. The summed E-state index contributed by atoms with van der Waals surface area (Å²) in [6.07, 6.45) is 0. The topological polar surface area (TPSA) is 50.8 Å². The van der Waals surface area contributed by atoms with Gasteiger partial charge in [0, 0.05) is 16.6 Å². The average molecular weight is 358 g/mol. The Bertz CT molecular complexity index is 890. The second kappa shape index (κ2) is 5.93. The molecule has 1 heterocycles. The molecule has 0 bridgehead atoms. The Hall–Kier alpha value is -2.14. The molecule has 1 N–H and O–H groups in total. The van der Waals surface area contributed by atoms with Crippen molar-refractivity contribution in [3.8, 4) is 0 Å². The molecule has 0 atom stereocenters. The molecule has 0 fully saturated rings. The largest absolute Gasteiger partial charge is 0.311 e. The van der Waals surface area contributed by atoms with E-state index < -0.39 is 0 Å². The molecule has 0 saturated heterocycles. The third-order valence-corrected chi connectivity index (χ3v) is 4.29. The van der Waals surface area contributed by atoms with Gasteiger partial charge in [-0.3, -0.25) is 10.2 Å². The van der Waals surface area contributed by atoms with Gasteiger partial charge in [0.1, 0.15) is 0 Å². The van der Waals surface area contributed by atoms with E-state index >= 15 is 0 Å². The highest BCUT2D eigenvalue weighted by Gasteiger charge is 2.13. The van der Waals surface area contributed by atoms with Crippen LogP contribution in [0.15, 0.2) is 53.0 Å². The minimum absolute atomic E-state index is 0.00464. The van der Waals surface area contributed by atoms with Crippen molar-refractivity contribution in [3.63, 3.8) is 0 Å². The standard InChI is InChI=1S/C17H16BrN3O/c1-2-20-14-5-3-4-6-15(14)21(17(20)19)11-16(22)12-7-9-13(18)10-8-12/h3-10,19H,2,11H2,1H3. The molecule has 0 unspecified atom stereocenters. The molecule has 0 aliphatic carbocycles. The van der Waals surface area contributed by atoms with E-state index in [0.717, 1.165) is 15.5 Å². The highest BCUT2D eigenvalue weighted by Crippen LogP contribution is 2.15. The van der Waals surface area contributed by atoms with Crippen LogP contribution in [0.2, 0.25) is 0 Å². The lowest BCUT2D eigenvalue weighted by Crippen LogP contribution is -2.27. The summed E-state index contributed by atoms with van der Waals surface area (Å²) in [5.41, 5.74) is 2.91. The fourth-order valence-electron chi connectivity index (χ4n) is 2.65. The quantitative estimate of drug-likeness (QED) is 0.712. The molecule has 0 radical (unpaired) electrons. The van der Waals surface area contributed by atoms with Crippen LogP contribution in [-0.2, 0) is 13.1 Å². The summed E-state index contributed by atoms with van der Waals surface area (Å²) in [5.74, 6) is 0.00464. The Balaban J connectivity index is 2.04. The van der Waals surface area contributed by atoms with E-state index in [1.54, 1.807) is 16.7 Å². The molecule has 0 aliphatic rings. The number of fused-ring (bicyclic) bond motifs is 1. The van der Waals surface area contributed by atoms with Gasteiger partial charge in [-0.05, 0) is 31.2 Å². The summed E-state index contributed by atoms with van der Waals surface area (Å²) < 4.78 is 4.62. The fraction of sp³-hybridized carbons (Fsp3) is 0.176. The van der Waals surface area contributed by atoms with Crippen molar-refractivity contribution >= 4 is 32.7 Å². The number of hydrogen-bond acceptors (Lipinski definition) is 2. The Kier molecular flexibility index (Phi) is 3.98. The predicted octanol–water partition coefficient (Wildman–Crippen LogP) is 3.59. The van der Waals surface area contributed by atoms with E-state index in [1.165, 1.54) is 0 Å². The number of rotatable bonds is 4. The van der Waals surface area contributed by atoms with Gasteiger partial charge < -0.3 is 9.13 Å². The number of nitrogens with one attached hydrogen (secondary N) is 1. The van der Waals surface area contributed by atoms with Gasteiger partial charge in [0.2, 0.25) is 5.62 Å². The summed E-state index contributed by atoms with van der Waals surface area (Å²) in [6.45, 7) is 2.89. The van der Waals surface area contributed by atoms with Gasteiger partial charge >= 0.3 is 0 Å². The number of benzene rings is 2. The monoisotopic (exact) mass is 357 g/mol. The van der Waals surface area contributed by atoms with E-state index in [2.05, 4.69) is 15.9 Å². The van der Waals surface area contributed by atoms with Gasteiger partial charge in [-0.25, -0.2) is 0 Å². The molecule has 3 aromatic rings. The molecule has 3 rings (SSSR count). The molecule has 112 valence electrons. The summed E-state index contributed by atoms with van der Waals surface area (Å²) in [7, 11) is 0. The van der Waals surface area contributed by atoms with Gasteiger partial charge in [-0.1, -0.05) is 40.2 Å². The van der Waals surface area contributed by atoms with Gasteiger partial charge in [0.05, 0.1) is 17.6 Å². The number of aromatic nitrogens is 2. The number of nitrogens with zero attached hydrogens (tertiary/aromatic N) is 2. The lowest BCUT2D eigenvalue weighted by atomic mass is 10.1. The van der Waals surface area contributed by atoms with Crippen LogP contribution in [0, 0.1) is 5.41 Å². The maximum Gasteiger partial charge on any atom is 0.203 e. The first-order valence-corrected chi connectivity index (χ1v) is 7.92. The lowest BCUT2D eigenvalue weighted by Gasteiger charge is -2.04. The second-order valence-electron chi connectivity index (χ2n) is 5.07. The zero-order valence-electron chi connectivity index (χ0n) is 12.2. The van der Waals surface area contributed by atoms with Crippen LogP contribution in [-0.4, -0.2) is 14.9 Å². The number of Topliss-reactive ketones (excluding diaryl/α,β-unsaturated/α-hetero) is 1. The molecule has 0 aliphatic heterocycles. The Morgan fingerprint density at radius 1 is 1.05 bits per heavy atom. The van der Waals surface area contributed by atoms with Crippen molar-refractivity contribution in [1.82, 2.24) is 9.13 Å². The van der Waals surface area contributed by atoms with E-state index in [4.69, 9.17) is 5.41 Å². The maximum absolute atomic E-state index is 12.5. The molecule has 22 heavy (non-hydrogen) atoms. The summed E-state index contributed by atoms with van der Waals surface area (Å²) in [5, 5.41) is 8.33. The van der Waals surface area contributed by atoms with Crippen molar-refractivity contribution in [2.75, 3.05) is 0 Å². The van der Waals surface area contributed by atoms with E-state index in [0.29, 0.717) is 17.7 Å². The van der Waals surface area contributed by atoms with Crippen LogP contribution in [0.3, 0.4) is 0 Å². The van der Waals surface area contributed by atoms with Crippen molar-refractivity contribution in [3.05, 3.63) is 64.2 Å². The van der Waals surface area contributed by atoms with Crippen LogP contribution < -0.4 is 5.62 Å². The Morgan fingerprint density at radius 3 is 2.23 bits per heavy atom. The maximum atomic E-state index is 12.5. The third kappa shape index (κ3) is 2.52. The molecule has 0 saturated carbocycles. The number of carbonyl (C=O) groups is 1. The first kappa shape index (κ1) is 14.8. The minimum atomic E-state index is 0.00464. The van der Waals surface area contributed by atoms with Gasteiger partial charge in [0.15, 0.2) is 5.78 Å². The zero-order valence-corrected chi connectivity index (χ0v) is 13.8. The smallest absolute Gasteiger partial charge is 0.203 e. The molecule has 2 aromatic carbocycles. The van der Waals surface area contributed by atoms with E-state index in [-0.39, 0.29) is 12.3 Å². The SMILES string of the molecule is CCn1c(=N)n(CC(=O)c2ccc(Br)cc2)c2ccccc21. The molecule has 5 heteroatoms. The average Bonchev–Trinajstić information content (AvgIpc) is 2.80. The molecule has 0 spiro atoms. The van der Waals surface area contributed by atoms with Crippen molar-refractivity contribution in [1.29, 1.82) is 5.41 Å². The van der Waals surface area contributed by atoms with Crippen LogP contribution in [0.1, 0.15) is 17.3 Å². The lowest BCUT2D eigenvalue weighted by molar-refractivity contribution is 0.0971. The Morgan fingerprint density at radius 2 is 1.64 bits per heavy atom. The summed E-state index contributed by atoms with van der Waals surface area (Å²) in [4.78, 5) is 12.5. The van der Waals surface area contributed by atoms with E-state index in [1.807, 2.05) is 47.9 Å². The number of para-hydroxylation sites is 2. The fourth-order valence-corrected chi connectivity index (χ4v) is 2.91. The second-order valence-corrected chi connectivity index (χ2v) is 5.99. The van der Waals surface area contributed by atoms with Crippen LogP contribution in [0.25, 0.3) is 11.0 Å². The molecule has 4 nitrogen and oxygen atoms in total. The zero-order chi connectivity index (χ0) is 15.7. The normalized spacial score (nSPS) is 11.0. The molecule has 0 amide bonds. The molecular weight excluding hydrogens is 342 g/mol. The van der Waals surface area contributed by atoms with Crippen molar-refractivity contribution < 1.29 is 4.79 Å². The van der Waals surface area contributed by atoms with Gasteiger partial charge in [-0.15, -0.1) is 0 Å². The minimum Gasteiger partial charge on any atom is -0.311 e. The number of halogens is 1. The molecular formula is C17H16BrN3O. The number of carbonyl (C=O) groups excluding carboxylic acids is 1. The first-order chi connectivity index (χ1) is 10.6. The highest BCUT2D eigenvalue weighted by atomic mass is 79.9. The molecule has 1 aromatic heterocycles. The summed E-state index contributed by atoms with van der Waals surface area (Å²) >= 11 is 3.37. The highest BCUT2D eigenvalue weighted by molar-refractivity contribution is 9.10. The van der Waals surface area contributed by atoms with Crippen molar-refractivity contribution in [2.45, 2.75) is 20.0 Å². The number of hydrogen-bond donors (Lipinski definition) is 1. The number of ketones is 1. The number of aryl methyl sites for hydroxylation is 1. The van der Waals surface area contributed by atoms with Crippen LogP contribution in [0.4, 0.5) is 0 Å². The first-order valence-electron chi connectivity index (χ1n) is 7.13. The number of imidazole rings is 1. The summed E-state index contributed by atoms with van der Waals surface area (Å²) in [6, 6.07) is 15.1. The van der Waals surface area contributed by atoms with Crippen LogP contribution in [0.5, 0.6) is 0 Å². The van der Waals surface area contributed by atoms with Crippen LogP contribution >= 0.6 is 15.9 Å². The van der Waals surface area contributed by atoms with Gasteiger partial charge in [0.25, 0.3) is 0 Å². The van der Waals surface area contributed by atoms with Gasteiger partial charge in [-0.2, -0.15) is 0 Å². The van der Waals surface area contributed by atoms with Crippen molar-refractivity contribution in [2.24, 2.45) is 0 Å². The van der Waals surface area contributed by atoms with E-state index in [9.17, 15) is 4.79 Å².